The van der Waals surface area contributed by atoms with Gasteiger partial charge in [0.2, 0.25) is 0 Å². The fourth-order valence-electron chi connectivity index (χ4n) is 1.59. The maximum Gasteiger partial charge on any atom is 0.185 e. The summed E-state index contributed by atoms with van der Waals surface area (Å²) in [6, 6.07) is 0. The first-order valence-electron chi connectivity index (χ1n) is 4.85. The zero-order valence-corrected chi connectivity index (χ0v) is 9.23. The molecule has 76 valence electrons. The molecule has 1 unspecified atom stereocenters. The van der Waals surface area contributed by atoms with Crippen LogP contribution >= 0.6 is 11.3 Å². The van der Waals surface area contributed by atoms with Crippen molar-refractivity contribution in [3.63, 3.8) is 0 Å². The molecule has 0 saturated carbocycles. The van der Waals surface area contributed by atoms with Crippen LogP contribution in [0.4, 0.5) is 0 Å². The Morgan fingerprint density at radius 2 is 2.43 bits per heavy atom. The third-order valence-electron chi connectivity index (χ3n) is 2.81. The van der Waals surface area contributed by atoms with Gasteiger partial charge in [-0.15, -0.1) is 11.3 Å². The number of carbonyl (C=O) groups excluding carboxylic acids is 1. The van der Waals surface area contributed by atoms with Gasteiger partial charge in [0, 0.05) is 11.3 Å². The highest BCUT2D eigenvalue weighted by Crippen LogP contribution is 2.21. The Morgan fingerprint density at radius 3 is 2.86 bits per heavy atom. The molecule has 1 aromatic rings. The molecule has 14 heavy (non-hydrogen) atoms. The monoisotopic (exact) mass is 210 g/mol. The first kappa shape index (κ1) is 9.80. The van der Waals surface area contributed by atoms with Crippen molar-refractivity contribution in [3.8, 4) is 0 Å². The molecule has 0 aromatic carbocycles. The Labute approximate surface area is 87.6 Å². The Bertz CT molecular complexity index is 344. The van der Waals surface area contributed by atoms with Gasteiger partial charge in [0.1, 0.15) is 5.69 Å². The number of aromatic nitrogens is 1. The lowest BCUT2D eigenvalue weighted by Crippen LogP contribution is -2.47. The van der Waals surface area contributed by atoms with E-state index in [1.165, 1.54) is 11.3 Å². The standard InChI is InChI=1S/C10H14N2OS/c1-6(8-3-11-4-8)10(13)9-5-14-7(2)12-9/h5-6,8,11H,3-4H2,1-2H3. The minimum atomic E-state index is 0.109. The molecule has 0 amide bonds. The van der Waals surface area contributed by atoms with Gasteiger partial charge in [-0.2, -0.15) is 0 Å². The van der Waals surface area contributed by atoms with E-state index in [1.807, 2.05) is 19.2 Å². The third kappa shape index (κ3) is 1.72. The fraction of sp³-hybridized carbons (Fsp3) is 0.600. The smallest absolute Gasteiger partial charge is 0.185 e. The Balaban J connectivity index is 2.07. The summed E-state index contributed by atoms with van der Waals surface area (Å²) in [7, 11) is 0. The van der Waals surface area contributed by atoms with Crippen molar-refractivity contribution in [2.45, 2.75) is 13.8 Å². The average Bonchev–Trinajstić information content (AvgIpc) is 2.47. The van der Waals surface area contributed by atoms with Gasteiger partial charge in [-0.1, -0.05) is 6.92 Å². The van der Waals surface area contributed by atoms with Crippen molar-refractivity contribution in [1.29, 1.82) is 0 Å². The number of hydrogen-bond acceptors (Lipinski definition) is 4. The minimum Gasteiger partial charge on any atom is -0.316 e. The van der Waals surface area contributed by atoms with E-state index in [0.29, 0.717) is 11.6 Å². The van der Waals surface area contributed by atoms with Gasteiger partial charge in [-0.25, -0.2) is 4.98 Å². The molecular formula is C10H14N2OS. The van der Waals surface area contributed by atoms with Crippen molar-refractivity contribution in [3.05, 3.63) is 16.1 Å². The molecule has 0 aliphatic carbocycles. The highest BCUT2D eigenvalue weighted by molar-refractivity contribution is 7.09. The SMILES string of the molecule is Cc1nc(C(=O)C(C)C2CNC2)cs1. The molecule has 0 bridgehead atoms. The number of thiazole rings is 1. The minimum absolute atomic E-state index is 0.109. The van der Waals surface area contributed by atoms with Crippen LogP contribution in [0.5, 0.6) is 0 Å². The molecular weight excluding hydrogens is 196 g/mol. The predicted molar refractivity (Wildman–Crippen MR) is 56.7 cm³/mol. The molecule has 0 radical (unpaired) electrons. The molecule has 1 aromatic heterocycles. The van der Waals surface area contributed by atoms with Crippen LogP contribution in [-0.4, -0.2) is 23.9 Å². The first-order chi connectivity index (χ1) is 6.68. The van der Waals surface area contributed by atoms with Gasteiger partial charge in [0.25, 0.3) is 0 Å². The quantitative estimate of drug-likeness (QED) is 0.769. The van der Waals surface area contributed by atoms with Gasteiger partial charge < -0.3 is 5.32 Å². The second-order valence-corrected chi connectivity index (χ2v) is 4.89. The molecule has 1 atom stereocenters. The van der Waals surface area contributed by atoms with Crippen LogP contribution in [-0.2, 0) is 0 Å². The summed E-state index contributed by atoms with van der Waals surface area (Å²) in [6.07, 6.45) is 0. The summed E-state index contributed by atoms with van der Waals surface area (Å²) >= 11 is 1.54. The molecule has 1 saturated heterocycles. The Hall–Kier alpha value is -0.740. The summed E-state index contributed by atoms with van der Waals surface area (Å²) in [5.74, 6) is 0.808. The first-order valence-corrected chi connectivity index (χ1v) is 5.73. The summed E-state index contributed by atoms with van der Waals surface area (Å²) in [4.78, 5) is 16.1. The van der Waals surface area contributed by atoms with E-state index < -0.39 is 0 Å². The zero-order valence-electron chi connectivity index (χ0n) is 8.41. The van der Waals surface area contributed by atoms with Crippen molar-refractivity contribution in [2.24, 2.45) is 11.8 Å². The molecule has 1 aliphatic rings. The van der Waals surface area contributed by atoms with Crippen LogP contribution in [0.15, 0.2) is 5.38 Å². The van der Waals surface area contributed by atoms with Gasteiger partial charge >= 0.3 is 0 Å². The van der Waals surface area contributed by atoms with E-state index in [0.717, 1.165) is 18.1 Å². The second kappa shape index (κ2) is 3.79. The topological polar surface area (TPSA) is 42.0 Å². The fourth-order valence-corrected chi connectivity index (χ4v) is 2.19. The van der Waals surface area contributed by atoms with Crippen LogP contribution in [0.3, 0.4) is 0 Å². The summed E-state index contributed by atoms with van der Waals surface area (Å²) in [5.41, 5.74) is 0.645. The van der Waals surface area contributed by atoms with Crippen LogP contribution in [0, 0.1) is 18.8 Å². The van der Waals surface area contributed by atoms with E-state index in [4.69, 9.17) is 0 Å². The van der Waals surface area contributed by atoms with Crippen LogP contribution in [0.2, 0.25) is 0 Å². The number of nitrogens with one attached hydrogen (secondary N) is 1. The molecule has 0 spiro atoms. The highest BCUT2D eigenvalue weighted by Gasteiger charge is 2.30. The van der Waals surface area contributed by atoms with E-state index in [9.17, 15) is 4.79 Å². The molecule has 2 rings (SSSR count). The van der Waals surface area contributed by atoms with Crippen LogP contribution in [0.1, 0.15) is 22.4 Å². The van der Waals surface area contributed by atoms with E-state index >= 15 is 0 Å². The van der Waals surface area contributed by atoms with Crippen molar-refractivity contribution in [2.75, 3.05) is 13.1 Å². The normalized spacial score (nSPS) is 19.0. The van der Waals surface area contributed by atoms with Gasteiger partial charge in [-0.3, -0.25) is 4.79 Å². The zero-order chi connectivity index (χ0) is 10.1. The highest BCUT2D eigenvalue weighted by atomic mass is 32.1. The maximum absolute atomic E-state index is 11.9. The third-order valence-corrected chi connectivity index (χ3v) is 3.58. The molecule has 1 aliphatic heterocycles. The number of ketones is 1. The van der Waals surface area contributed by atoms with Gasteiger partial charge in [0.05, 0.1) is 5.01 Å². The van der Waals surface area contributed by atoms with Gasteiger partial charge in [0.15, 0.2) is 5.78 Å². The molecule has 3 nitrogen and oxygen atoms in total. The summed E-state index contributed by atoms with van der Waals surface area (Å²) in [6.45, 7) is 5.87. The molecule has 4 heteroatoms. The van der Waals surface area contributed by atoms with Crippen LogP contribution in [0.25, 0.3) is 0 Å². The second-order valence-electron chi connectivity index (χ2n) is 3.82. The summed E-state index contributed by atoms with van der Waals surface area (Å²) in [5, 5.41) is 6.01. The number of carbonyl (C=O) groups is 1. The van der Waals surface area contributed by atoms with E-state index in [1.54, 1.807) is 0 Å². The van der Waals surface area contributed by atoms with Crippen LogP contribution < -0.4 is 5.32 Å². The lowest BCUT2D eigenvalue weighted by molar-refractivity contribution is 0.0849. The number of rotatable bonds is 3. The van der Waals surface area contributed by atoms with E-state index in [2.05, 4.69) is 10.3 Å². The number of hydrogen-bond donors (Lipinski definition) is 1. The van der Waals surface area contributed by atoms with E-state index in [-0.39, 0.29) is 11.7 Å². The van der Waals surface area contributed by atoms with Gasteiger partial charge in [-0.05, 0) is 25.9 Å². The molecule has 1 fully saturated rings. The lowest BCUT2D eigenvalue weighted by atomic mass is 9.85. The van der Waals surface area contributed by atoms with Crippen molar-refractivity contribution in [1.82, 2.24) is 10.3 Å². The van der Waals surface area contributed by atoms with Crippen molar-refractivity contribution < 1.29 is 4.79 Å². The summed E-state index contributed by atoms with van der Waals surface area (Å²) < 4.78 is 0. The molecule has 2 heterocycles. The predicted octanol–water partition coefficient (Wildman–Crippen LogP) is 1.49. The number of Topliss-reactive ketones (excluding diaryl/α,β-unsaturated/α-hetero) is 1. The Kier molecular flexibility index (Phi) is 2.65. The number of aryl methyl sites for hydroxylation is 1. The lowest BCUT2D eigenvalue weighted by Gasteiger charge is -2.31. The average molecular weight is 210 g/mol. The van der Waals surface area contributed by atoms with Crippen molar-refractivity contribution >= 4 is 17.1 Å². The largest absolute Gasteiger partial charge is 0.316 e. The molecule has 1 N–H and O–H groups in total. The number of nitrogens with zero attached hydrogens (tertiary/aromatic N) is 1. The maximum atomic E-state index is 11.9. The Morgan fingerprint density at radius 1 is 1.71 bits per heavy atom.